The van der Waals surface area contributed by atoms with Gasteiger partial charge >= 0.3 is 5.97 Å². The lowest BCUT2D eigenvalue weighted by Gasteiger charge is -2.04. The number of unbranched alkanes of at least 4 members (excludes halogenated alkanes) is 2. The van der Waals surface area contributed by atoms with Gasteiger partial charge in [-0.3, -0.25) is 9.59 Å². The van der Waals surface area contributed by atoms with Crippen LogP contribution >= 0.6 is 0 Å². The maximum atomic E-state index is 11.2. The third-order valence-corrected chi connectivity index (χ3v) is 1.96. The van der Waals surface area contributed by atoms with Crippen LogP contribution in [-0.2, 0) is 14.3 Å². The second-order valence-corrected chi connectivity index (χ2v) is 3.36. The third-order valence-electron chi connectivity index (χ3n) is 1.96. The molecule has 0 heterocycles. The van der Waals surface area contributed by atoms with Gasteiger partial charge in [0.15, 0.2) is 0 Å². The largest absolute Gasteiger partial charge is 0.466 e. The number of hydrogen-bond acceptors (Lipinski definition) is 3. The van der Waals surface area contributed by atoms with Crippen LogP contribution in [-0.4, -0.2) is 25.0 Å². The molecule has 0 aromatic rings. The van der Waals surface area contributed by atoms with E-state index >= 15 is 0 Å². The summed E-state index contributed by atoms with van der Waals surface area (Å²) in [6.07, 6.45) is 3.91. The molecule has 0 fully saturated rings. The van der Waals surface area contributed by atoms with Crippen molar-refractivity contribution in [3.8, 4) is 0 Å². The number of hydrogen-bond donors (Lipinski definition) is 1. The SMILES string of the molecule is CCCCCC(=O)NCCC(=O)OCC. The molecule has 4 nitrogen and oxygen atoms in total. The molecule has 0 aliphatic heterocycles. The van der Waals surface area contributed by atoms with Crippen LogP contribution in [0, 0.1) is 0 Å². The molecular formula is C11H21NO3. The molecule has 1 amide bonds. The van der Waals surface area contributed by atoms with E-state index in [1.165, 1.54) is 0 Å². The van der Waals surface area contributed by atoms with Gasteiger partial charge in [0.2, 0.25) is 5.91 Å². The Morgan fingerprint density at radius 3 is 2.47 bits per heavy atom. The van der Waals surface area contributed by atoms with E-state index in [4.69, 9.17) is 4.74 Å². The summed E-state index contributed by atoms with van der Waals surface area (Å²) in [6.45, 7) is 4.63. The molecule has 0 aromatic carbocycles. The van der Waals surface area contributed by atoms with E-state index in [1.807, 2.05) is 0 Å². The van der Waals surface area contributed by atoms with E-state index in [0.717, 1.165) is 19.3 Å². The molecule has 15 heavy (non-hydrogen) atoms. The van der Waals surface area contributed by atoms with E-state index in [0.29, 0.717) is 19.6 Å². The summed E-state index contributed by atoms with van der Waals surface area (Å²) in [5, 5.41) is 2.69. The highest BCUT2D eigenvalue weighted by Crippen LogP contribution is 1.98. The van der Waals surface area contributed by atoms with Crippen molar-refractivity contribution in [2.75, 3.05) is 13.2 Å². The maximum absolute atomic E-state index is 11.2. The van der Waals surface area contributed by atoms with Crippen LogP contribution in [0.25, 0.3) is 0 Å². The Hall–Kier alpha value is -1.06. The quantitative estimate of drug-likeness (QED) is 0.494. The molecule has 88 valence electrons. The zero-order chi connectivity index (χ0) is 11.5. The lowest BCUT2D eigenvalue weighted by atomic mass is 10.2. The Kier molecular flexibility index (Phi) is 8.82. The highest BCUT2D eigenvalue weighted by atomic mass is 16.5. The Morgan fingerprint density at radius 1 is 1.13 bits per heavy atom. The van der Waals surface area contributed by atoms with Gasteiger partial charge in [-0.15, -0.1) is 0 Å². The summed E-state index contributed by atoms with van der Waals surface area (Å²) in [7, 11) is 0. The van der Waals surface area contributed by atoms with Crippen LogP contribution < -0.4 is 5.32 Å². The van der Waals surface area contributed by atoms with Gasteiger partial charge in [-0.25, -0.2) is 0 Å². The minimum absolute atomic E-state index is 0.0211. The van der Waals surface area contributed by atoms with Crippen LogP contribution in [0.3, 0.4) is 0 Å². The van der Waals surface area contributed by atoms with Crippen LogP contribution in [0.2, 0.25) is 0 Å². The zero-order valence-electron chi connectivity index (χ0n) is 9.67. The average Bonchev–Trinajstić information content (AvgIpc) is 2.18. The monoisotopic (exact) mass is 215 g/mol. The van der Waals surface area contributed by atoms with Crippen molar-refractivity contribution in [1.82, 2.24) is 5.32 Å². The summed E-state index contributed by atoms with van der Waals surface area (Å²) >= 11 is 0. The van der Waals surface area contributed by atoms with Crippen molar-refractivity contribution in [2.45, 2.75) is 46.0 Å². The molecule has 0 saturated carbocycles. The molecule has 0 atom stereocenters. The van der Waals surface area contributed by atoms with Crippen LogP contribution in [0.4, 0.5) is 0 Å². The van der Waals surface area contributed by atoms with Crippen LogP contribution in [0.1, 0.15) is 46.0 Å². The summed E-state index contributed by atoms with van der Waals surface area (Å²) < 4.78 is 4.73. The topological polar surface area (TPSA) is 55.4 Å². The highest BCUT2D eigenvalue weighted by molar-refractivity contribution is 5.76. The Morgan fingerprint density at radius 2 is 1.87 bits per heavy atom. The van der Waals surface area contributed by atoms with E-state index in [9.17, 15) is 9.59 Å². The third kappa shape index (κ3) is 9.25. The predicted octanol–water partition coefficient (Wildman–Crippen LogP) is 1.64. The van der Waals surface area contributed by atoms with Crippen molar-refractivity contribution in [3.63, 3.8) is 0 Å². The van der Waals surface area contributed by atoms with Crippen LogP contribution in [0.5, 0.6) is 0 Å². The molecule has 4 heteroatoms. The number of nitrogens with one attached hydrogen (secondary N) is 1. The number of carbonyl (C=O) groups excluding carboxylic acids is 2. The summed E-state index contributed by atoms with van der Waals surface area (Å²) in [4.78, 5) is 22.1. The molecule has 0 spiro atoms. The Balaban J connectivity index is 3.34. The first kappa shape index (κ1) is 13.9. The molecule has 0 aliphatic carbocycles. The van der Waals surface area contributed by atoms with Gasteiger partial charge in [-0.2, -0.15) is 0 Å². The highest BCUT2D eigenvalue weighted by Gasteiger charge is 2.03. The van der Waals surface area contributed by atoms with Crippen LogP contribution in [0.15, 0.2) is 0 Å². The van der Waals surface area contributed by atoms with E-state index in [-0.39, 0.29) is 18.3 Å². The number of ether oxygens (including phenoxy) is 1. The standard InChI is InChI=1S/C11H21NO3/c1-3-5-6-7-10(13)12-9-8-11(14)15-4-2/h3-9H2,1-2H3,(H,12,13). The van der Waals surface area contributed by atoms with Crippen molar-refractivity contribution in [3.05, 3.63) is 0 Å². The van der Waals surface area contributed by atoms with Crippen molar-refractivity contribution >= 4 is 11.9 Å². The van der Waals surface area contributed by atoms with Gasteiger partial charge < -0.3 is 10.1 Å². The molecule has 0 bridgehead atoms. The van der Waals surface area contributed by atoms with Crippen molar-refractivity contribution in [2.24, 2.45) is 0 Å². The van der Waals surface area contributed by atoms with E-state index in [1.54, 1.807) is 6.92 Å². The summed E-state index contributed by atoms with van der Waals surface area (Å²) in [6, 6.07) is 0. The first-order valence-electron chi connectivity index (χ1n) is 5.63. The second-order valence-electron chi connectivity index (χ2n) is 3.36. The first-order valence-corrected chi connectivity index (χ1v) is 5.63. The predicted molar refractivity (Wildman–Crippen MR) is 58.4 cm³/mol. The molecule has 0 radical (unpaired) electrons. The van der Waals surface area contributed by atoms with Gasteiger partial charge in [0.25, 0.3) is 0 Å². The summed E-state index contributed by atoms with van der Waals surface area (Å²) in [5.41, 5.74) is 0. The lowest BCUT2D eigenvalue weighted by Crippen LogP contribution is -2.26. The fourth-order valence-electron chi connectivity index (χ4n) is 1.16. The minimum atomic E-state index is -0.258. The number of amides is 1. The van der Waals surface area contributed by atoms with Gasteiger partial charge in [0.1, 0.15) is 0 Å². The van der Waals surface area contributed by atoms with Crippen molar-refractivity contribution < 1.29 is 14.3 Å². The fraction of sp³-hybridized carbons (Fsp3) is 0.818. The Bertz CT molecular complexity index is 192. The van der Waals surface area contributed by atoms with Gasteiger partial charge in [-0.1, -0.05) is 19.8 Å². The molecule has 0 saturated heterocycles. The minimum Gasteiger partial charge on any atom is -0.466 e. The molecule has 0 aliphatic rings. The molecule has 0 unspecified atom stereocenters. The number of esters is 1. The summed E-state index contributed by atoms with van der Waals surface area (Å²) in [5.74, 6) is -0.237. The first-order chi connectivity index (χ1) is 7.20. The number of rotatable bonds is 8. The Labute approximate surface area is 91.4 Å². The van der Waals surface area contributed by atoms with E-state index in [2.05, 4.69) is 12.2 Å². The fourth-order valence-corrected chi connectivity index (χ4v) is 1.16. The molecule has 1 N–H and O–H groups in total. The van der Waals surface area contributed by atoms with E-state index < -0.39 is 0 Å². The lowest BCUT2D eigenvalue weighted by molar-refractivity contribution is -0.143. The normalized spacial score (nSPS) is 9.73. The number of carbonyl (C=O) groups is 2. The maximum Gasteiger partial charge on any atom is 0.307 e. The van der Waals surface area contributed by atoms with Gasteiger partial charge in [0.05, 0.1) is 13.0 Å². The molecular weight excluding hydrogens is 194 g/mol. The molecule has 0 aromatic heterocycles. The smallest absolute Gasteiger partial charge is 0.307 e. The average molecular weight is 215 g/mol. The second kappa shape index (κ2) is 9.49. The van der Waals surface area contributed by atoms with Crippen molar-refractivity contribution in [1.29, 1.82) is 0 Å². The zero-order valence-corrected chi connectivity index (χ0v) is 9.67. The van der Waals surface area contributed by atoms with Gasteiger partial charge in [0, 0.05) is 13.0 Å². The van der Waals surface area contributed by atoms with Gasteiger partial charge in [-0.05, 0) is 13.3 Å². The molecule has 0 rings (SSSR count).